The molecule has 5 rings (SSSR count). The Kier molecular flexibility index (Phi) is 6.80. The van der Waals surface area contributed by atoms with E-state index in [2.05, 4.69) is 15.6 Å². The summed E-state index contributed by atoms with van der Waals surface area (Å²) in [5.41, 5.74) is 5.88. The van der Waals surface area contributed by atoms with E-state index in [1.54, 1.807) is 10.9 Å². The topological polar surface area (TPSA) is 84.7 Å². The molecular weight excluding hydrogens is 492 g/mol. The highest BCUT2D eigenvalue weighted by Crippen LogP contribution is 2.36. The van der Waals surface area contributed by atoms with E-state index in [1.807, 2.05) is 81.4 Å². The minimum Gasteiger partial charge on any atom is -0.328 e. The molecule has 1 amide bonds. The van der Waals surface area contributed by atoms with Gasteiger partial charge in [0, 0.05) is 28.4 Å². The number of fused-ring (bicyclic) bond motifs is 1. The zero-order chi connectivity index (χ0) is 25.2. The Morgan fingerprint density at radius 2 is 1.89 bits per heavy atom. The second-order valence-electron chi connectivity index (χ2n) is 8.57. The summed E-state index contributed by atoms with van der Waals surface area (Å²) in [5.74, 6) is 0.980. The number of benzene rings is 2. The molecule has 36 heavy (non-hydrogen) atoms. The van der Waals surface area contributed by atoms with Gasteiger partial charge in [-0.15, -0.1) is 5.10 Å². The van der Waals surface area contributed by atoms with Crippen LogP contribution in [0, 0.1) is 13.8 Å². The molecule has 0 saturated heterocycles. The fourth-order valence-corrected chi connectivity index (χ4v) is 5.25. The summed E-state index contributed by atoms with van der Waals surface area (Å²) in [4.78, 5) is 22.9. The van der Waals surface area contributed by atoms with Crippen LogP contribution < -0.4 is 10.6 Å². The lowest BCUT2D eigenvalue weighted by Crippen LogP contribution is -2.32. The lowest BCUT2D eigenvalue weighted by Gasteiger charge is -2.28. The molecule has 0 saturated carbocycles. The number of carbonyl (C=O) groups is 1. The van der Waals surface area contributed by atoms with E-state index in [1.165, 1.54) is 11.8 Å². The first kappa shape index (κ1) is 24.1. The molecule has 0 aliphatic carbocycles. The first-order valence-electron chi connectivity index (χ1n) is 11.5. The van der Waals surface area contributed by atoms with Crippen molar-refractivity contribution in [3.05, 3.63) is 106 Å². The molecule has 2 aromatic carbocycles. The number of hydrogen-bond donors (Lipinski definition) is 2. The highest BCUT2D eigenvalue weighted by molar-refractivity contribution is 7.98. The van der Waals surface area contributed by atoms with Gasteiger partial charge in [-0.25, -0.2) is 4.68 Å². The maximum atomic E-state index is 13.7. The first-order chi connectivity index (χ1) is 17.4. The molecule has 7 nitrogen and oxygen atoms in total. The lowest BCUT2D eigenvalue weighted by atomic mass is 9.98. The molecule has 182 valence electrons. The number of nitrogens with one attached hydrogen (secondary N) is 2. The van der Waals surface area contributed by atoms with E-state index >= 15 is 0 Å². The van der Waals surface area contributed by atoms with Crippen LogP contribution in [-0.4, -0.2) is 25.7 Å². The van der Waals surface area contributed by atoms with Crippen molar-refractivity contribution in [3.8, 4) is 0 Å². The Hall–Kier alpha value is -3.62. The Morgan fingerprint density at radius 3 is 2.67 bits per heavy atom. The molecule has 0 spiro atoms. The van der Waals surface area contributed by atoms with Crippen LogP contribution in [0.3, 0.4) is 0 Å². The molecular formula is C27H25ClN6OS. The van der Waals surface area contributed by atoms with Crippen molar-refractivity contribution in [3.63, 3.8) is 0 Å². The van der Waals surface area contributed by atoms with E-state index in [0.717, 1.165) is 22.4 Å². The van der Waals surface area contributed by atoms with E-state index in [4.69, 9.17) is 21.7 Å². The standard InChI is InChI=1S/C27H25ClN6OS/c1-16-9-8-13-21(17(16)2)31-25(35)23-18(3)30-26-32-27(36-15-19-10-4-5-11-20(19)28)33-34(26)24(23)22-12-6-7-14-29-22/h4-14,24H,15H2,1-3H3,(H,31,35)(H,30,32,33). The number of carbonyl (C=O) groups excluding carboxylic acids is 1. The Morgan fingerprint density at radius 1 is 1.08 bits per heavy atom. The van der Waals surface area contributed by atoms with Crippen molar-refractivity contribution < 1.29 is 4.79 Å². The van der Waals surface area contributed by atoms with Gasteiger partial charge in [-0.05, 0) is 61.7 Å². The molecule has 0 fully saturated rings. The summed E-state index contributed by atoms with van der Waals surface area (Å²) >= 11 is 7.81. The van der Waals surface area contributed by atoms with Crippen molar-refractivity contribution in [2.45, 2.75) is 37.7 Å². The van der Waals surface area contributed by atoms with Gasteiger partial charge in [-0.1, -0.05) is 59.8 Å². The number of rotatable bonds is 6. The smallest absolute Gasteiger partial charge is 0.255 e. The molecule has 1 aliphatic heterocycles. The second kappa shape index (κ2) is 10.2. The van der Waals surface area contributed by atoms with Crippen LogP contribution in [-0.2, 0) is 10.5 Å². The van der Waals surface area contributed by atoms with Gasteiger partial charge in [0.2, 0.25) is 11.1 Å². The van der Waals surface area contributed by atoms with E-state index in [-0.39, 0.29) is 5.91 Å². The minimum atomic E-state index is -0.533. The van der Waals surface area contributed by atoms with Crippen LogP contribution in [0.15, 0.2) is 83.3 Å². The number of allylic oxidation sites excluding steroid dienone is 1. The molecule has 0 bridgehead atoms. The largest absolute Gasteiger partial charge is 0.328 e. The molecule has 1 aliphatic rings. The van der Waals surface area contributed by atoms with Gasteiger partial charge in [0.15, 0.2) is 0 Å². The minimum absolute atomic E-state index is 0.212. The average molecular weight is 517 g/mol. The molecule has 2 aromatic heterocycles. The summed E-state index contributed by atoms with van der Waals surface area (Å²) in [6.45, 7) is 5.90. The molecule has 1 unspecified atom stereocenters. The summed E-state index contributed by atoms with van der Waals surface area (Å²) < 4.78 is 1.74. The fraction of sp³-hybridized carbons (Fsp3) is 0.185. The molecule has 9 heteroatoms. The molecule has 4 aromatic rings. The summed E-state index contributed by atoms with van der Waals surface area (Å²) in [7, 11) is 0. The summed E-state index contributed by atoms with van der Waals surface area (Å²) in [5, 5.41) is 12.4. The number of nitrogens with zero attached hydrogens (tertiary/aromatic N) is 4. The van der Waals surface area contributed by atoms with Gasteiger partial charge in [-0.3, -0.25) is 9.78 Å². The van der Waals surface area contributed by atoms with Crippen molar-refractivity contribution in [2.75, 3.05) is 10.6 Å². The number of amides is 1. The van der Waals surface area contributed by atoms with Crippen molar-refractivity contribution in [2.24, 2.45) is 0 Å². The third kappa shape index (κ3) is 4.74. The Bertz CT molecular complexity index is 1470. The monoisotopic (exact) mass is 516 g/mol. The molecule has 1 atom stereocenters. The van der Waals surface area contributed by atoms with E-state index in [9.17, 15) is 4.79 Å². The van der Waals surface area contributed by atoms with E-state index < -0.39 is 6.04 Å². The van der Waals surface area contributed by atoms with Crippen LogP contribution in [0.4, 0.5) is 11.6 Å². The quantitative estimate of drug-likeness (QED) is 0.298. The zero-order valence-electron chi connectivity index (χ0n) is 20.1. The van der Waals surface area contributed by atoms with Crippen LogP contribution in [0.5, 0.6) is 0 Å². The average Bonchev–Trinajstić information content (AvgIpc) is 3.28. The van der Waals surface area contributed by atoms with E-state index in [0.29, 0.717) is 38.8 Å². The zero-order valence-corrected chi connectivity index (χ0v) is 21.7. The predicted molar refractivity (Wildman–Crippen MR) is 144 cm³/mol. The number of pyridine rings is 1. The van der Waals surface area contributed by atoms with Crippen molar-refractivity contribution in [1.29, 1.82) is 0 Å². The molecule has 3 heterocycles. The number of anilines is 2. The van der Waals surface area contributed by atoms with Crippen molar-refractivity contribution >= 4 is 40.9 Å². The third-order valence-corrected chi connectivity index (χ3v) is 7.47. The SMILES string of the molecule is CC1=C(C(=O)Nc2cccc(C)c2C)C(c2ccccn2)n2nc(SCc3ccccc3Cl)nc2N1. The fourth-order valence-electron chi connectivity index (χ4n) is 4.13. The third-order valence-electron chi connectivity index (χ3n) is 6.21. The highest BCUT2D eigenvalue weighted by Gasteiger charge is 2.35. The number of aryl methyl sites for hydroxylation is 1. The number of thioether (sulfide) groups is 1. The lowest BCUT2D eigenvalue weighted by molar-refractivity contribution is -0.113. The number of hydrogen-bond acceptors (Lipinski definition) is 6. The van der Waals surface area contributed by atoms with Gasteiger partial charge in [0.05, 0.1) is 11.3 Å². The Balaban J connectivity index is 1.49. The maximum absolute atomic E-state index is 13.7. The Labute approximate surface area is 219 Å². The number of aromatic nitrogens is 4. The molecule has 0 radical (unpaired) electrons. The van der Waals surface area contributed by atoms with Gasteiger partial charge in [0.1, 0.15) is 6.04 Å². The van der Waals surface area contributed by atoms with Crippen molar-refractivity contribution in [1.82, 2.24) is 19.7 Å². The predicted octanol–water partition coefficient (Wildman–Crippen LogP) is 6.16. The van der Waals surface area contributed by atoms with Crippen LogP contribution in [0.2, 0.25) is 5.02 Å². The molecule has 2 N–H and O–H groups in total. The second-order valence-corrected chi connectivity index (χ2v) is 9.91. The summed E-state index contributed by atoms with van der Waals surface area (Å²) in [6.07, 6.45) is 1.72. The normalized spacial score (nSPS) is 14.8. The van der Waals surface area contributed by atoms with Gasteiger partial charge < -0.3 is 10.6 Å². The maximum Gasteiger partial charge on any atom is 0.255 e. The summed E-state index contributed by atoms with van der Waals surface area (Å²) in [6, 6.07) is 18.7. The van der Waals surface area contributed by atoms with Gasteiger partial charge >= 0.3 is 0 Å². The van der Waals surface area contributed by atoms with Crippen LogP contribution in [0.25, 0.3) is 0 Å². The van der Waals surface area contributed by atoms with Gasteiger partial charge in [-0.2, -0.15) is 4.98 Å². The highest BCUT2D eigenvalue weighted by atomic mass is 35.5. The van der Waals surface area contributed by atoms with Crippen LogP contribution in [0.1, 0.15) is 35.3 Å². The number of halogens is 1. The van der Waals surface area contributed by atoms with Crippen LogP contribution >= 0.6 is 23.4 Å². The first-order valence-corrected chi connectivity index (χ1v) is 12.9. The van der Waals surface area contributed by atoms with Gasteiger partial charge in [0.25, 0.3) is 5.91 Å².